The van der Waals surface area contributed by atoms with Crippen molar-refractivity contribution in [2.75, 3.05) is 18.5 Å². The van der Waals surface area contributed by atoms with Crippen molar-refractivity contribution in [2.24, 2.45) is 0 Å². The minimum Gasteiger partial charge on any atom is -0.381 e. The van der Waals surface area contributed by atoms with E-state index in [0.29, 0.717) is 6.10 Å². The summed E-state index contributed by atoms with van der Waals surface area (Å²) in [7, 11) is 0. The molecule has 12 heavy (non-hydrogen) atoms. The van der Waals surface area contributed by atoms with Crippen LogP contribution in [0.15, 0.2) is 0 Å². The van der Waals surface area contributed by atoms with Crippen LogP contribution in [-0.4, -0.2) is 30.2 Å². The Morgan fingerprint density at radius 2 is 2.00 bits per heavy atom. The molecule has 0 saturated carbocycles. The molecule has 1 saturated heterocycles. The molecule has 1 aliphatic rings. The first-order valence-electron chi connectivity index (χ1n) is 4.45. The van der Waals surface area contributed by atoms with Crippen LogP contribution in [0.25, 0.3) is 0 Å². The second-order valence-corrected chi connectivity index (χ2v) is 4.38. The molecular weight excluding hydrogens is 220 g/mol. The molecule has 3 heteroatoms. The molecule has 1 heterocycles. The Bertz CT molecular complexity index is 130. The number of ether oxygens (including phenoxy) is 2. The molecule has 0 aromatic heterocycles. The van der Waals surface area contributed by atoms with Gasteiger partial charge in [-0.2, -0.15) is 0 Å². The van der Waals surface area contributed by atoms with E-state index in [4.69, 9.17) is 9.47 Å². The Morgan fingerprint density at radius 1 is 1.42 bits per heavy atom. The van der Waals surface area contributed by atoms with Gasteiger partial charge in [0.05, 0.1) is 11.7 Å². The van der Waals surface area contributed by atoms with Crippen molar-refractivity contribution in [3.05, 3.63) is 0 Å². The fourth-order valence-electron chi connectivity index (χ4n) is 1.28. The zero-order valence-electron chi connectivity index (χ0n) is 7.81. The minimum absolute atomic E-state index is 0.0397. The van der Waals surface area contributed by atoms with Crippen LogP contribution in [-0.2, 0) is 9.47 Å². The first-order chi connectivity index (χ1) is 5.64. The van der Waals surface area contributed by atoms with E-state index < -0.39 is 0 Å². The molecule has 0 radical (unpaired) electrons. The molecule has 2 nitrogen and oxygen atoms in total. The number of hydrogen-bond acceptors (Lipinski definition) is 2. The van der Waals surface area contributed by atoms with Crippen molar-refractivity contribution in [1.82, 2.24) is 0 Å². The standard InChI is InChI=1S/C9H17BrO2/c1-9(2,7-10)12-8-3-5-11-6-4-8/h8H,3-7H2,1-2H3. The van der Waals surface area contributed by atoms with Crippen LogP contribution in [0.1, 0.15) is 26.7 Å². The summed E-state index contributed by atoms with van der Waals surface area (Å²) in [4.78, 5) is 0. The number of rotatable bonds is 3. The smallest absolute Gasteiger partial charge is 0.0726 e. The molecule has 0 atom stereocenters. The lowest BCUT2D eigenvalue weighted by Crippen LogP contribution is -2.35. The quantitative estimate of drug-likeness (QED) is 0.701. The Balaban J connectivity index is 2.28. The van der Waals surface area contributed by atoms with Crippen LogP contribution >= 0.6 is 15.9 Å². The van der Waals surface area contributed by atoms with Crippen LogP contribution in [0.5, 0.6) is 0 Å². The van der Waals surface area contributed by atoms with Crippen LogP contribution in [0, 0.1) is 0 Å². The lowest BCUT2D eigenvalue weighted by molar-refractivity contribution is -0.0976. The molecular formula is C9H17BrO2. The zero-order chi connectivity index (χ0) is 9.03. The van der Waals surface area contributed by atoms with Gasteiger partial charge < -0.3 is 9.47 Å². The van der Waals surface area contributed by atoms with Crippen LogP contribution in [0.3, 0.4) is 0 Å². The first-order valence-corrected chi connectivity index (χ1v) is 5.58. The second-order valence-electron chi connectivity index (χ2n) is 3.82. The fourth-order valence-corrected chi connectivity index (χ4v) is 1.41. The minimum atomic E-state index is -0.0397. The van der Waals surface area contributed by atoms with E-state index in [2.05, 4.69) is 29.8 Å². The van der Waals surface area contributed by atoms with Gasteiger partial charge in [-0.1, -0.05) is 15.9 Å². The van der Waals surface area contributed by atoms with Crippen molar-refractivity contribution in [3.63, 3.8) is 0 Å². The highest BCUT2D eigenvalue weighted by Gasteiger charge is 2.23. The maximum atomic E-state index is 5.90. The lowest BCUT2D eigenvalue weighted by atomic mass is 10.1. The topological polar surface area (TPSA) is 18.5 Å². The Labute approximate surface area is 82.7 Å². The normalized spacial score (nSPS) is 21.2. The Morgan fingerprint density at radius 3 is 2.50 bits per heavy atom. The van der Waals surface area contributed by atoms with Gasteiger partial charge in [-0.3, -0.25) is 0 Å². The maximum Gasteiger partial charge on any atom is 0.0726 e. The monoisotopic (exact) mass is 236 g/mol. The third kappa shape index (κ3) is 3.42. The highest BCUT2D eigenvalue weighted by atomic mass is 79.9. The van der Waals surface area contributed by atoms with Gasteiger partial charge in [-0.25, -0.2) is 0 Å². The van der Waals surface area contributed by atoms with E-state index >= 15 is 0 Å². The average molecular weight is 237 g/mol. The molecule has 0 unspecified atom stereocenters. The molecule has 0 aliphatic carbocycles. The first kappa shape index (κ1) is 10.5. The van der Waals surface area contributed by atoms with E-state index in [9.17, 15) is 0 Å². The van der Waals surface area contributed by atoms with E-state index in [1.807, 2.05) is 0 Å². The van der Waals surface area contributed by atoms with Crippen molar-refractivity contribution in [3.8, 4) is 0 Å². The molecule has 1 fully saturated rings. The van der Waals surface area contributed by atoms with Gasteiger partial charge in [0.2, 0.25) is 0 Å². The van der Waals surface area contributed by atoms with Gasteiger partial charge >= 0.3 is 0 Å². The lowest BCUT2D eigenvalue weighted by Gasteiger charge is -2.31. The summed E-state index contributed by atoms with van der Waals surface area (Å²) in [6, 6.07) is 0. The number of alkyl halides is 1. The Hall–Kier alpha value is 0.400. The van der Waals surface area contributed by atoms with Gasteiger partial charge in [-0.15, -0.1) is 0 Å². The van der Waals surface area contributed by atoms with Crippen LogP contribution in [0.4, 0.5) is 0 Å². The van der Waals surface area contributed by atoms with Gasteiger partial charge in [0.15, 0.2) is 0 Å². The van der Waals surface area contributed by atoms with Crippen molar-refractivity contribution >= 4 is 15.9 Å². The molecule has 1 aliphatic heterocycles. The molecule has 72 valence electrons. The van der Waals surface area contributed by atoms with Crippen LogP contribution < -0.4 is 0 Å². The van der Waals surface area contributed by atoms with Crippen molar-refractivity contribution in [2.45, 2.75) is 38.4 Å². The molecule has 1 rings (SSSR count). The van der Waals surface area contributed by atoms with Gasteiger partial charge in [0.25, 0.3) is 0 Å². The maximum absolute atomic E-state index is 5.90. The highest BCUT2D eigenvalue weighted by molar-refractivity contribution is 9.09. The van der Waals surface area contributed by atoms with E-state index in [1.165, 1.54) is 0 Å². The number of halogens is 1. The molecule has 0 N–H and O–H groups in total. The molecule has 0 spiro atoms. The molecule has 0 amide bonds. The third-order valence-corrected chi connectivity index (χ3v) is 3.33. The summed E-state index contributed by atoms with van der Waals surface area (Å²) < 4.78 is 11.2. The fraction of sp³-hybridized carbons (Fsp3) is 1.00. The summed E-state index contributed by atoms with van der Waals surface area (Å²) in [5.74, 6) is 0. The average Bonchev–Trinajstić information content (AvgIpc) is 2.06. The summed E-state index contributed by atoms with van der Waals surface area (Å²) in [6.45, 7) is 5.92. The van der Waals surface area contributed by atoms with E-state index in [1.54, 1.807) is 0 Å². The molecule has 0 aromatic rings. The largest absolute Gasteiger partial charge is 0.381 e. The zero-order valence-corrected chi connectivity index (χ0v) is 9.39. The Kier molecular flexibility index (Phi) is 4.00. The van der Waals surface area contributed by atoms with Crippen molar-refractivity contribution < 1.29 is 9.47 Å². The highest BCUT2D eigenvalue weighted by Crippen LogP contribution is 2.20. The van der Waals surface area contributed by atoms with Crippen molar-refractivity contribution in [1.29, 1.82) is 0 Å². The predicted molar refractivity (Wildman–Crippen MR) is 52.8 cm³/mol. The predicted octanol–water partition coefficient (Wildman–Crippen LogP) is 2.36. The molecule has 0 aromatic carbocycles. The van der Waals surface area contributed by atoms with Crippen LogP contribution in [0.2, 0.25) is 0 Å². The summed E-state index contributed by atoms with van der Waals surface area (Å²) >= 11 is 3.44. The SMILES string of the molecule is CC(C)(CBr)OC1CCOCC1. The van der Waals surface area contributed by atoms with Gasteiger partial charge in [0.1, 0.15) is 0 Å². The summed E-state index contributed by atoms with van der Waals surface area (Å²) in [6.07, 6.45) is 2.47. The third-order valence-electron chi connectivity index (χ3n) is 1.98. The summed E-state index contributed by atoms with van der Waals surface area (Å²) in [5.41, 5.74) is -0.0397. The second kappa shape index (κ2) is 4.58. The van der Waals surface area contributed by atoms with E-state index in [-0.39, 0.29) is 5.60 Å². The summed E-state index contributed by atoms with van der Waals surface area (Å²) in [5, 5.41) is 0.886. The van der Waals surface area contributed by atoms with Gasteiger partial charge in [0, 0.05) is 18.5 Å². The van der Waals surface area contributed by atoms with E-state index in [0.717, 1.165) is 31.4 Å². The molecule has 0 bridgehead atoms. The number of hydrogen-bond donors (Lipinski definition) is 0. The van der Waals surface area contributed by atoms with Gasteiger partial charge in [-0.05, 0) is 26.7 Å².